The molecule has 0 aliphatic heterocycles. The SMILES string of the molecule is O=[N+]([O-])c1c(F)cccc1Sc1cc2ccccc2[nH]1. The minimum absolute atomic E-state index is 0.279. The summed E-state index contributed by atoms with van der Waals surface area (Å²) in [5.74, 6) is -0.823. The molecule has 1 aromatic heterocycles. The molecule has 0 atom stereocenters. The van der Waals surface area contributed by atoms with Gasteiger partial charge in [-0.15, -0.1) is 0 Å². The van der Waals surface area contributed by atoms with E-state index in [1.54, 1.807) is 0 Å². The second-order valence-electron chi connectivity index (χ2n) is 4.17. The number of aromatic nitrogens is 1. The molecule has 0 unspecified atom stereocenters. The van der Waals surface area contributed by atoms with Gasteiger partial charge in [-0.3, -0.25) is 10.1 Å². The van der Waals surface area contributed by atoms with Gasteiger partial charge in [-0.25, -0.2) is 0 Å². The van der Waals surface area contributed by atoms with Gasteiger partial charge in [-0.2, -0.15) is 4.39 Å². The minimum atomic E-state index is -0.823. The molecule has 100 valence electrons. The zero-order chi connectivity index (χ0) is 14.1. The van der Waals surface area contributed by atoms with Gasteiger partial charge < -0.3 is 4.98 Å². The molecule has 2 aromatic carbocycles. The Kier molecular flexibility index (Phi) is 3.15. The maximum atomic E-state index is 13.5. The summed E-state index contributed by atoms with van der Waals surface area (Å²) < 4.78 is 13.5. The quantitative estimate of drug-likeness (QED) is 0.575. The van der Waals surface area contributed by atoms with E-state index in [0.717, 1.165) is 33.8 Å². The van der Waals surface area contributed by atoms with Crippen molar-refractivity contribution in [3.05, 3.63) is 64.5 Å². The molecule has 3 rings (SSSR count). The van der Waals surface area contributed by atoms with E-state index in [2.05, 4.69) is 4.98 Å². The number of aromatic amines is 1. The fraction of sp³-hybridized carbons (Fsp3) is 0. The molecule has 1 N–H and O–H groups in total. The van der Waals surface area contributed by atoms with Crippen LogP contribution in [0.1, 0.15) is 0 Å². The van der Waals surface area contributed by atoms with Gasteiger partial charge in [0.1, 0.15) is 0 Å². The van der Waals surface area contributed by atoms with Crippen LogP contribution in [0.5, 0.6) is 0 Å². The second kappa shape index (κ2) is 4.97. The van der Waals surface area contributed by atoms with Crippen LogP contribution in [0.25, 0.3) is 10.9 Å². The molecule has 0 aliphatic rings. The third kappa shape index (κ3) is 2.25. The van der Waals surface area contributed by atoms with E-state index in [9.17, 15) is 14.5 Å². The molecular weight excluding hydrogens is 279 g/mol. The highest BCUT2D eigenvalue weighted by molar-refractivity contribution is 7.99. The fourth-order valence-electron chi connectivity index (χ4n) is 1.98. The summed E-state index contributed by atoms with van der Waals surface area (Å²) in [6.45, 7) is 0. The Labute approximate surface area is 117 Å². The van der Waals surface area contributed by atoms with E-state index >= 15 is 0 Å². The average Bonchev–Trinajstić information content (AvgIpc) is 2.80. The van der Waals surface area contributed by atoms with Crippen LogP contribution >= 0.6 is 11.8 Å². The standard InChI is InChI=1S/C14H9FN2O2S/c15-10-5-3-7-12(14(10)17(18)19)20-13-8-9-4-1-2-6-11(9)16-13/h1-8,16H. The Balaban J connectivity index is 2.02. The summed E-state index contributed by atoms with van der Waals surface area (Å²) in [5.41, 5.74) is 0.449. The van der Waals surface area contributed by atoms with Crippen LogP contribution in [0.4, 0.5) is 10.1 Å². The maximum Gasteiger partial charge on any atom is 0.318 e. The number of benzene rings is 2. The average molecular weight is 288 g/mol. The molecule has 0 saturated heterocycles. The first-order valence-electron chi connectivity index (χ1n) is 5.83. The molecule has 0 radical (unpaired) electrons. The summed E-state index contributed by atoms with van der Waals surface area (Å²) in [7, 11) is 0. The van der Waals surface area contributed by atoms with Crippen molar-refractivity contribution in [1.82, 2.24) is 4.98 Å². The molecule has 1 heterocycles. The van der Waals surface area contributed by atoms with Gasteiger partial charge in [0.2, 0.25) is 5.82 Å². The van der Waals surface area contributed by atoms with Crippen molar-refractivity contribution in [2.75, 3.05) is 0 Å². The van der Waals surface area contributed by atoms with E-state index in [1.165, 1.54) is 12.1 Å². The van der Waals surface area contributed by atoms with Crippen molar-refractivity contribution in [1.29, 1.82) is 0 Å². The van der Waals surface area contributed by atoms with Crippen molar-refractivity contribution < 1.29 is 9.31 Å². The molecule has 0 bridgehead atoms. The largest absolute Gasteiger partial charge is 0.349 e. The minimum Gasteiger partial charge on any atom is -0.349 e. The molecule has 20 heavy (non-hydrogen) atoms. The first-order valence-corrected chi connectivity index (χ1v) is 6.65. The lowest BCUT2D eigenvalue weighted by Crippen LogP contribution is -1.94. The Bertz CT molecular complexity index is 768. The Morgan fingerprint density at radius 2 is 1.95 bits per heavy atom. The first-order chi connectivity index (χ1) is 9.65. The van der Waals surface area contributed by atoms with Gasteiger partial charge in [0.15, 0.2) is 0 Å². The second-order valence-corrected chi connectivity index (χ2v) is 5.25. The third-order valence-electron chi connectivity index (χ3n) is 2.86. The number of rotatable bonds is 3. The van der Waals surface area contributed by atoms with Crippen LogP contribution in [-0.2, 0) is 0 Å². The predicted molar refractivity (Wildman–Crippen MR) is 75.5 cm³/mol. The molecule has 0 spiro atoms. The molecule has 0 aliphatic carbocycles. The highest BCUT2D eigenvalue weighted by atomic mass is 32.2. The highest BCUT2D eigenvalue weighted by Crippen LogP contribution is 2.36. The lowest BCUT2D eigenvalue weighted by atomic mass is 10.3. The highest BCUT2D eigenvalue weighted by Gasteiger charge is 2.20. The van der Waals surface area contributed by atoms with Crippen LogP contribution in [0, 0.1) is 15.9 Å². The van der Waals surface area contributed by atoms with Crippen molar-refractivity contribution in [2.45, 2.75) is 9.92 Å². The molecule has 6 heteroatoms. The number of hydrogen-bond donors (Lipinski definition) is 1. The summed E-state index contributed by atoms with van der Waals surface area (Å²) in [4.78, 5) is 13.7. The number of halogens is 1. The lowest BCUT2D eigenvalue weighted by molar-refractivity contribution is -0.390. The molecular formula is C14H9FN2O2S. The van der Waals surface area contributed by atoms with Crippen molar-refractivity contribution in [3.8, 4) is 0 Å². The number of nitrogens with one attached hydrogen (secondary N) is 1. The van der Waals surface area contributed by atoms with E-state index in [-0.39, 0.29) is 4.90 Å². The normalized spacial score (nSPS) is 10.8. The lowest BCUT2D eigenvalue weighted by Gasteiger charge is -2.01. The van der Waals surface area contributed by atoms with Crippen LogP contribution in [0.3, 0.4) is 0 Å². The monoisotopic (exact) mass is 288 g/mol. The molecule has 0 fully saturated rings. The van der Waals surface area contributed by atoms with Gasteiger partial charge in [0.05, 0.1) is 14.8 Å². The van der Waals surface area contributed by atoms with Gasteiger partial charge in [0.25, 0.3) is 0 Å². The number of para-hydroxylation sites is 2. The van der Waals surface area contributed by atoms with Crippen molar-refractivity contribution >= 4 is 28.4 Å². The third-order valence-corrected chi connectivity index (χ3v) is 3.85. The number of nitro groups is 1. The van der Waals surface area contributed by atoms with Gasteiger partial charge in [-0.05, 0) is 24.3 Å². The van der Waals surface area contributed by atoms with E-state index < -0.39 is 16.4 Å². The van der Waals surface area contributed by atoms with Gasteiger partial charge in [-0.1, -0.05) is 36.0 Å². The summed E-state index contributed by atoms with van der Waals surface area (Å²) in [5, 5.41) is 12.7. The van der Waals surface area contributed by atoms with E-state index in [0.29, 0.717) is 0 Å². The van der Waals surface area contributed by atoms with Crippen LogP contribution in [0.2, 0.25) is 0 Å². The number of fused-ring (bicyclic) bond motifs is 1. The van der Waals surface area contributed by atoms with E-state index in [4.69, 9.17) is 0 Å². The zero-order valence-electron chi connectivity index (χ0n) is 10.2. The van der Waals surface area contributed by atoms with Crippen LogP contribution in [0.15, 0.2) is 58.5 Å². The number of nitro benzene ring substituents is 1. The molecule has 3 aromatic rings. The van der Waals surface area contributed by atoms with Crippen LogP contribution < -0.4 is 0 Å². The molecule has 0 saturated carbocycles. The first kappa shape index (κ1) is 12.7. The predicted octanol–water partition coefficient (Wildman–Crippen LogP) is 4.37. The maximum absolute atomic E-state index is 13.5. The number of H-pyrrole nitrogens is 1. The summed E-state index contributed by atoms with van der Waals surface area (Å²) in [6, 6.07) is 13.6. The van der Waals surface area contributed by atoms with Crippen LogP contribution in [-0.4, -0.2) is 9.91 Å². The Morgan fingerprint density at radius 1 is 1.15 bits per heavy atom. The molecule has 0 amide bonds. The van der Waals surface area contributed by atoms with Gasteiger partial charge in [0, 0.05) is 10.9 Å². The Hall–Kier alpha value is -2.34. The Morgan fingerprint density at radius 3 is 2.70 bits per heavy atom. The summed E-state index contributed by atoms with van der Waals surface area (Å²) in [6.07, 6.45) is 0. The smallest absolute Gasteiger partial charge is 0.318 e. The fourth-order valence-corrected chi connectivity index (χ4v) is 2.97. The van der Waals surface area contributed by atoms with E-state index in [1.807, 2.05) is 30.3 Å². The van der Waals surface area contributed by atoms with Gasteiger partial charge >= 0.3 is 5.69 Å². The summed E-state index contributed by atoms with van der Waals surface area (Å²) >= 11 is 1.15. The topological polar surface area (TPSA) is 58.9 Å². The number of hydrogen-bond acceptors (Lipinski definition) is 3. The van der Waals surface area contributed by atoms with Crippen molar-refractivity contribution in [3.63, 3.8) is 0 Å². The molecule has 4 nitrogen and oxygen atoms in total. The van der Waals surface area contributed by atoms with Crippen molar-refractivity contribution in [2.24, 2.45) is 0 Å². The zero-order valence-corrected chi connectivity index (χ0v) is 11.0. The number of nitrogens with zero attached hydrogens (tertiary/aromatic N) is 1.